The van der Waals surface area contributed by atoms with Gasteiger partial charge < -0.3 is 19.3 Å². The lowest BCUT2D eigenvalue weighted by molar-refractivity contribution is -0.138. The monoisotopic (exact) mass is 426 g/mol. The average Bonchev–Trinajstić information content (AvgIpc) is 3.20. The minimum Gasteiger partial charge on any atom is -0.497 e. The Labute approximate surface area is 181 Å². The maximum Gasteiger partial charge on any atom is 0.227 e. The fourth-order valence-corrected chi connectivity index (χ4v) is 4.39. The van der Waals surface area contributed by atoms with Gasteiger partial charge in [-0.2, -0.15) is 0 Å². The van der Waals surface area contributed by atoms with Crippen molar-refractivity contribution >= 4 is 11.8 Å². The van der Waals surface area contributed by atoms with E-state index in [1.54, 1.807) is 24.1 Å². The standard InChI is InChI=1S/C24H27FN2O4/c1-30-21-4-2-3-19(13-21)14-23(29)26-11-9-22(28)27(24(16-26)10-12-31-17-24)15-18-5-7-20(25)8-6-18/h2-8,13H,9-12,14-17H2,1H3. The molecule has 2 aliphatic heterocycles. The number of carbonyl (C=O) groups is 2. The molecule has 2 aromatic carbocycles. The number of nitrogens with zero attached hydrogens (tertiary/aromatic N) is 2. The number of methoxy groups -OCH3 is 1. The molecule has 1 spiro atoms. The molecule has 2 amide bonds. The summed E-state index contributed by atoms with van der Waals surface area (Å²) in [7, 11) is 1.60. The Morgan fingerprint density at radius 2 is 2.00 bits per heavy atom. The van der Waals surface area contributed by atoms with Gasteiger partial charge in [0, 0.05) is 32.7 Å². The third-order valence-corrected chi connectivity index (χ3v) is 6.13. The molecule has 7 heteroatoms. The van der Waals surface area contributed by atoms with Crippen molar-refractivity contribution in [2.24, 2.45) is 0 Å². The van der Waals surface area contributed by atoms with Crippen LogP contribution in [0.2, 0.25) is 0 Å². The summed E-state index contributed by atoms with van der Waals surface area (Å²) >= 11 is 0. The van der Waals surface area contributed by atoms with Crippen LogP contribution in [0.4, 0.5) is 4.39 Å². The summed E-state index contributed by atoms with van der Waals surface area (Å²) in [5.74, 6) is 0.379. The van der Waals surface area contributed by atoms with Crippen LogP contribution >= 0.6 is 0 Å². The minimum atomic E-state index is -0.563. The van der Waals surface area contributed by atoms with E-state index in [0.717, 1.165) is 11.1 Å². The summed E-state index contributed by atoms with van der Waals surface area (Å²) in [5.41, 5.74) is 1.17. The fourth-order valence-electron chi connectivity index (χ4n) is 4.39. The summed E-state index contributed by atoms with van der Waals surface area (Å²) in [6.07, 6.45) is 1.18. The highest BCUT2D eigenvalue weighted by atomic mass is 19.1. The fraction of sp³-hybridized carbons (Fsp3) is 0.417. The number of hydrogen-bond acceptors (Lipinski definition) is 4. The van der Waals surface area contributed by atoms with Gasteiger partial charge in [-0.1, -0.05) is 24.3 Å². The molecule has 0 aliphatic carbocycles. The summed E-state index contributed by atoms with van der Waals surface area (Å²) in [6, 6.07) is 13.7. The largest absolute Gasteiger partial charge is 0.497 e. The van der Waals surface area contributed by atoms with Gasteiger partial charge in [0.25, 0.3) is 0 Å². The molecule has 31 heavy (non-hydrogen) atoms. The summed E-state index contributed by atoms with van der Waals surface area (Å²) in [6.45, 7) is 2.13. The molecule has 0 aromatic heterocycles. The highest BCUT2D eigenvalue weighted by molar-refractivity contribution is 5.82. The molecule has 1 unspecified atom stereocenters. The Morgan fingerprint density at radius 3 is 2.71 bits per heavy atom. The number of halogens is 1. The van der Waals surface area contributed by atoms with Crippen LogP contribution in [0.3, 0.4) is 0 Å². The van der Waals surface area contributed by atoms with Crippen molar-refractivity contribution in [1.29, 1.82) is 0 Å². The van der Waals surface area contributed by atoms with E-state index in [4.69, 9.17) is 9.47 Å². The van der Waals surface area contributed by atoms with Crippen LogP contribution < -0.4 is 4.74 Å². The molecule has 2 aliphatic rings. The van der Waals surface area contributed by atoms with Crippen LogP contribution in [-0.4, -0.2) is 60.6 Å². The third-order valence-electron chi connectivity index (χ3n) is 6.13. The molecule has 0 N–H and O–H groups in total. The highest BCUT2D eigenvalue weighted by Crippen LogP contribution is 2.32. The number of amides is 2. The second-order valence-electron chi connectivity index (χ2n) is 8.23. The van der Waals surface area contributed by atoms with Gasteiger partial charge in [0.1, 0.15) is 11.6 Å². The molecule has 2 aromatic rings. The molecule has 2 heterocycles. The average molecular weight is 426 g/mol. The van der Waals surface area contributed by atoms with Crippen LogP contribution in [-0.2, 0) is 27.3 Å². The summed E-state index contributed by atoms with van der Waals surface area (Å²) in [4.78, 5) is 29.9. The molecule has 1 atom stereocenters. The van der Waals surface area contributed by atoms with Gasteiger partial charge in [0.05, 0.1) is 25.7 Å². The Bertz CT molecular complexity index is 941. The maximum absolute atomic E-state index is 13.3. The molecule has 2 saturated heterocycles. The van der Waals surface area contributed by atoms with E-state index in [0.29, 0.717) is 45.0 Å². The van der Waals surface area contributed by atoms with Crippen LogP contribution in [0.1, 0.15) is 24.0 Å². The summed E-state index contributed by atoms with van der Waals surface area (Å²) < 4.78 is 24.3. The van der Waals surface area contributed by atoms with E-state index < -0.39 is 5.54 Å². The van der Waals surface area contributed by atoms with Gasteiger partial charge >= 0.3 is 0 Å². The van der Waals surface area contributed by atoms with Crippen LogP contribution in [0.25, 0.3) is 0 Å². The number of benzene rings is 2. The SMILES string of the molecule is COc1cccc(CC(=O)N2CCC(=O)N(Cc3ccc(F)cc3)C3(CCOC3)C2)c1. The van der Waals surface area contributed by atoms with Crippen molar-refractivity contribution in [3.05, 3.63) is 65.5 Å². The van der Waals surface area contributed by atoms with Crippen LogP contribution in [0.5, 0.6) is 5.75 Å². The number of hydrogen-bond donors (Lipinski definition) is 0. The van der Waals surface area contributed by atoms with E-state index in [-0.39, 0.29) is 30.5 Å². The quantitative estimate of drug-likeness (QED) is 0.738. The van der Waals surface area contributed by atoms with Crippen molar-refractivity contribution in [2.45, 2.75) is 31.3 Å². The third kappa shape index (κ3) is 4.71. The molecule has 164 valence electrons. The molecule has 6 nitrogen and oxygen atoms in total. The Kier molecular flexibility index (Phi) is 6.23. The Balaban J connectivity index is 1.54. The predicted octanol–water partition coefficient (Wildman–Crippen LogP) is 2.80. The highest BCUT2D eigenvalue weighted by Gasteiger charge is 2.46. The lowest BCUT2D eigenvalue weighted by Gasteiger charge is -2.40. The minimum absolute atomic E-state index is 0.00787. The Morgan fingerprint density at radius 1 is 1.19 bits per heavy atom. The zero-order valence-corrected chi connectivity index (χ0v) is 17.7. The Hall–Kier alpha value is -2.93. The summed E-state index contributed by atoms with van der Waals surface area (Å²) in [5, 5.41) is 0. The van der Waals surface area contributed by atoms with Gasteiger partial charge in [-0.25, -0.2) is 4.39 Å². The first-order chi connectivity index (χ1) is 15.0. The molecule has 0 radical (unpaired) electrons. The van der Waals surface area contributed by atoms with Crippen LogP contribution in [0, 0.1) is 5.82 Å². The second kappa shape index (κ2) is 9.06. The van der Waals surface area contributed by atoms with Gasteiger partial charge in [0.2, 0.25) is 11.8 Å². The first kappa shape index (κ1) is 21.3. The lowest BCUT2D eigenvalue weighted by Crippen LogP contribution is -2.56. The van der Waals surface area contributed by atoms with Crippen molar-refractivity contribution in [3.63, 3.8) is 0 Å². The normalized spacial score (nSPS) is 21.4. The second-order valence-corrected chi connectivity index (χ2v) is 8.23. The van der Waals surface area contributed by atoms with Crippen molar-refractivity contribution in [3.8, 4) is 5.75 Å². The van der Waals surface area contributed by atoms with Crippen molar-refractivity contribution in [2.75, 3.05) is 33.4 Å². The zero-order valence-electron chi connectivity index (χ0n) is 17.7. The number of ether oxygens (including phenoxy) is 2. The first-order valence-corrected chi connectivity index (χ1v) is 10.5. The lowest BCUT2D eigenvalue weighted by atomic mass is 9.94. The van der Waals surface area contributed by atoms with Gasteiger partial charge in [-0.15, -0.1) is 0 Å². The van der Waals surface area contributed by atoms with Crippen LogP contribution in [0.15, 0.2) is 48.5 Å². The smallest absolute Gasteiger partial charge is 0.227 e. The van der Waals surface area contributed by atoms with E-state index in [9.17, 15) is 14.0 Å². The predicted molar refractivity (Wildman–Crippen MR) is 113 cm³/mol. The zero-order chi connectivity index (χ0) is 21.8. The van der Waals surface area contributed by atoms with E-state index in [2.05, 4.69) is 0 Å². The number of rotatable bonds is 5. The van der Waals surface area contributed by atoms with Crippen molar-refractivity contribution in [1.82, 2.24) is 9.80 Å². The maximum atomic E-state index is 13.3. The molecular weight excluding hydrogens is 399 g/mol. The molecule has 0 bridgehead atoms. The van der Waals surface area contributed by atoms with Gasteiger partial charge in [0.15, 0.2) is 0 Å². The molecule has 0 saturated carbocycles. The first-order valence-electron chi connectivity index (χ1n) is 10.5. The molecular formula is C24H27FN2O4. The van der Waals surface area contributed by atoms with E-state index >= 15 is 0 Å². The number of carbonyl (C=O) groups excluding carboxylic acids is 2. The van der Waals surface area contributed by atoms with Gasteiger partial charge in [-0.05, 0) is 41.8 Å². The topological polar surface area (TPSA) is 59.1 Å². The van der Waals surface area contributed by atoms with Gasteiger partial charge in [-0.3, -0.25) is 9.59 Å². The van der Waals surface area contributed by atoms with E-state index in [1.807, 2.05) is 29.2 Å². The molecule has 2 fully saturated rings. The van der Waals surface area contributed by atoms with Crippen molar-refractivity contribution < 1.29 is 23.5 Å². The van der Waals surface area contributed by atoms with E-state index in [1.165, 1.54) is 12.1 Å². The molecule has 4 rings (SSSR count).